The van der Waals surface area contributed by atoms with Crippen molar-refractivity contribution in [2.24, 2.45) is 11.7 Å². The van der Waals surface area contributed by atoms with Crippen molar-refractivity contribution >= 4 is 29.0 Å². The lowest BCUT2D eigenvalue weighted by molar-refractivity contribution is -0.122. The van der Waals surface area contributed by atoms with Crippen LogP contribution in [0.25, 0.3) is 0 Å². The fraction of sp³-hybridized carbons (Fsp3) is 0.621. The number of carbonyl (C=O) groups excluding carboxylic acids is 1. The van der Waals surface area contributed by atoms with Gasteiger partial charge < -0.3 is 30.9 Å². The molecule has 10 nitrogen and oxygen atoms in total. The van der Waals surface area contributed by atoms with E-state index in [1.807, 2.05) is 13.0 Å². The lowest BCUT2D eigenvalue weighted by Crippen LogP contribution is -2.52. The fourth-order valence-electron chi connectivity index (χ4n) is 6.27. The number of piperazine rings is 1. The van der Waals surface area contributed by atoms with Gasteiger partial charge in [0.25, 0.3) is 0 Å². The van der Waals surface area contributed by atoms with Crippen LogP contribution in [-0.2, 0) is 4.79 Å². The van der Waals surface area contributed by atoms with Gasteiger partial charge in [-0.2, -0.15) is 13.8 Å². The van der Waals surface area contributed by atoms with E-state index in [9.17, 15) is 13.6 Å². The Balaban J connectivity index is 1.27. The minimum atomic E-state index is -2.97. The molecule has 1 aromatic heterocycles. The van der Waals surface area contributed by atoms with Crippen LogP contribution in [0, 0.1) is 12.8 Å². The Morgan fingerprint density at radius 3 is 2.51 bits per heavy atom. The molecule has 4 N–H and O–H groups in total. The van der Waals surface area contributed by atoms with Crippen LogP contribution in [0.2, 0.25) is 0 Å². The predicted molar refractivity (Wildman–Crippen MR) is 156 cm³/mol. The van der Waals surface area contributed by atoms with Gasteiger partial charge in [-0.15, -0.1) is 0 Å². The fourth-order valence-corrected chi connectivity index (χ4v) is 6.27. The molecule has 12 heteroatoms. The number of nitrogens with zero attached hydrogens (tertiary/aromatic N) is 5. The van der Waals surface area contributed by atoms with Crippen molar-refractivity contribution in [2.45, 2.75) is 64.1 Å². The predicted octanol–water partition coefficient (Wildman–Crippen LogP) is 3.80. The molecular formula is C29H42F2N8O2. The quantitative estimate of drug-likeness (QED) is 0.413. The Morgan fingerprint density at radius 2 is 1.80 bits per heavy atom. The number of alkyl halides is 2. The molecule has 1 aliphatic carbocycles. The number of aromatic nitrogens is 2. The molecule has 2 aromatic rings. The SMILES string of the molecule is Cc1cnc(Nc2ccc(N3CCC(N4CCN(C)CC4)CC3)cc2OC(F)F)nc1N[C@@H]1CCCCC1C(N)=O. The highest BCUT2D eigenvalue weighted by molar-refractivity contribution is 5.78. The molecule has 1 saturated carbocycles. The molecule has 0 spiro atoms. The Hall–Kier alpha value is -3.25. The van der Waals surface area contributed by atoms with E-state index in [-0.39, 0.29) is 29.6 Å². The molecular weight excluding hydrogens is 530 g/mol. The Kier molecular flexibility index (Phi) is 9.39. The number of anilines is 4. The summed E-state index contributed by atoms with van der Waals surface area (Å²) < 4.78 is 31.8. The van der Waals surface area contributed by atoms with E-state index in [4.69, 9.17) is 10.5 Å². The number of piperidine rings is 1. The van der Waals surface area contributed by atoms with Crippen molar-refractivity contribution in [1.29, 1.82) is 0 Å². The highest BCUT2D eigenvalue weighted by atomic mass is 19.3. The zero-order valence-corrected chi connectivity index (χ0v) is 24.0. The van der Waals surface area contributed by atoms with Crippen LogP contribution in [0.5, 0.6) is 5.75 Å². The van der Waals surface area contributed by atoms with Gasteiger partial charge in [0.05, 0.1) is 11.6 Å². The average molecular weight is 573 g/mol. The van der Waals surface area contributed by atoms with Gasteiger partial charge in [-0.05, 0) is 51.8 Å². The van der Waals surface area contributed by atoms with Crippen molar-refractivity contribution in [3.63, 3.8) is 0 Å². The second kappa shape index (κ2) is 13.2. The third-order valence-electron chi connectivity index (χ3n) is 8.74. The minimum Gasteiger partial charge on any atom is -0.433 e. The highest BCUT2D eigenvalue weighted by Crippen LogP contribution is 2.35. The number of nitrogens with two attached hydrogens (primary N) is 1. The van der Waals surface area contributed by atoms with Gasteiger partial charge in [-0.1, -0.05) is 12.8 Å². The molecule has 41 heavy (non-hydrogen) atoms. The van der Waals surface area contributed by atoms with Gasteiger partial charge in [0.15, 0.2) is 5.75 Å². The number of hydrogen-bond donors (Lipinski definition) is 3. The van der Waals surface area contributed by atoms with E-state index in [0.717, 1.165) is 89.0 Å². The van der Waals surface area contributed by atoms with Gasteiger partial charge in [-0.25, -0.2) is 4.98 Å². The van der Waals surface area contributed by atoms with Crippen molar-refractivity contribution in [3.8, 4) is 5.75 Å². The van der Waals surface area contributed by atoms with E-state index in [1.54, 1.807) is 18.3 Å². The number of hydrogen-bond acceptors (Lipinski definition) is 9. The third-order valence-corrected chi connectivity index (χ3v) is 8.74. The summed E-state index contributed by atoms with van der Waals surface area (Å²) in [5.41, 5.74) is 7.65. The summed E-state index contributed by atoms with van der Waals surface area (Å²) in [4.78, 5) is 28.1. The first-order valence-corrected chi connectivity index (χ1v) is 14.7. The standard InChI is InChI=1S/C29H42F2N8O2/c1-19-18-33-29(36-27(19)34-23-6-4-3-5-22(23)26(32)40)35-24-8-7-21(17-25(24)41-28(30)31)38-11-9-20(10-12-38)39-15-13-37(2)14-16-39/h7-8,17-18,20,22-23,28H,3-6,9-16H2,1-2H3,(H2,32,40)(H2,33,34,35,36)/t22?,23-/m1/s1. The number of aryl methyl sites for hydroxylation is 1. The molecule has 3 fully saturated rings. The first kappa shape index (κ1) is 29.2. The highest BCUT2D eigenvalue weighted by Gasteiger charge is 2.30. The van der Waals surface area contributed by atoms with E-state index in [2.05, 4.69) is 42.3 Å². The molecule has 224 valence electrons. The zero-order chi connectivity index (χ0) is 28.9. The molecule has 2 aliphatic heterocycles. The number of primary amides is 1. The molecule has 0 bridgehead atoms. The molecule has 1 amide bonds. The Bertz CT molecular complexity index is 1190. The van der Waals surface area contributed by atoms with E-state index >= 15 is 0 Å². The van der Waals surface area contributed by atoms with Gasteiger partial charge in [0.1, 0.15) is 5.82 Å². The number of halogens is 2. The number of benzene rings is 1. The van der Waals surface area contributed by atoms with Crippen molar-refractivity contribution in [1.82, 2.24) is 19.8 Å². The van der Waals surface area contributed by atoms with Gasteiger partial charge >= 0.3 is 6.61 Å². The summed E-state index contributed by atoms with van der Waals surface area (Å²) in [6, 6.07) is 5.77. The van der Waals surface area contributed by atoms with Gasteiger partial charge in [-0.3, -0.25) is 9.69 Å². The summed E-state index contributed by atoms with van der Waals surface area (Å²) >= 11 is 0. The lowest BCUT2D eigenvalue weighted by Gasteiger charge is -2.42. The Morgan fingerprint density at radius 1 is 1.07 bits per heavy atom. The van der Waals surface area contributed by atoms with Crippen LogP contribution in [0.4, 0.5) is 31.9 Å². The number of carbonyl (C=O) groups is 1. The maximum absolute atomic E-state index is 13.4. The van der Waals surface area contributed by atoms with Crippen molar-refractivity contribution in [2.75, 3.05) is 61.8 Å². The lowest BCUT2D eigenvalue weighted by atomic mass is 9.84. The van der Waals surface area contributed by atoms with Crippen LogP contribution >= 0.6 is 0 Å². The summed E-state index contributed by atoms with van der Waals surface area (Å²) in [7, 11) is 2.16. The first-order chi connectivity index (χ1) is 19.8. The summed E-state index contributed by atoms with van der Waals surface area (Å²) in [6.07, 6.45) is 7.28. The van der Waals surface area contributed by atoms with Gasteiger partial charge in [0.2, 0.25) is 11.9 Å². The van der Waals surface area contributed by atoms with Crippen molar-refractivity contribution in [3.05, 3.63) is 30.0 Å². The topological polar surface area (TPSA) is 112 Å². The average Bonchev–Trinajstić information content (AvgIpc) is 2.96. The molecule has 5 rings (SSSR count). The van der Waals surface area contributed by atoms with Crippen LogP contribution in [0.1, 0.15) is 44.1 Å². The smallest absolute Gasteiger partial charge is 0.387 e. The first-order valence-electron chi connectivity index (χ1n) is 14.7. The number of rotatable bonds is 9. The maximum atomic E-state index is 13.4. The normalized spacial score (nSPS) is 23.0. The molecule has 3 aliphatic rings. The number of nitrogens with one attached hydrogen (secondary N) is 2. The molecule has 1 unspecified atom stereocenters. The molecule has 0 radical (unpaired) electrons. The zero-order valence-electron chi connectivity index (χ0n) is 24.0. The number of likely N-dealkylation sites (N-methyl/N-ethyl adjacent to an activating group) is 1. The van der Waals surface area contributed by atoms with Crippen LogP contribution in [0.3, 0.4) is 0 Å². The second-order valence-electron chi connectivity index (χ2n) is 11.5. The number of ether oxygens (including phenoxy) is 1. The maximum Gasteiger partial charge on any atom is 0.387 e. The van der Waals surface area contributed by atoms with E-state index < -0.39 is 6.61 Å². The Labute approximate surface area is 240 Å². The second-order valence-corrected chi connectivity index (χ2v) is 11.5. The summed E-state index contributed by atoms with van der Waals surface area (Å²) in [6.45, 7) is 5.02. The van der Waals surface area contributed by atoms with Crippen LogP contribution < -0.4 is 26.0 Å². The molecule has 1 aromatic carbocycles. The largest absolute Gasteiger partial charge is 0.433 e. The minimum absolute atomic E-state index is 0.0402. The van der Waals surface area contributed by atoms with Crippen molar-refractivity contribution < 1.29 is 18.3 Å². The summed E-state index contributed by atoms with van der Waals surface area (Å²) in [5, 5.41) is 6.44. The van der Waals surface area contributed by atoms with Gasteiger partial charge in [0, 0.05) is 74.9 Å². The van der Waals surface area contributed by atoms with E-state index in [1.165, 1.54) is 0 Å². The summed E-state index contributed by atoms with van der Waals surface area (Å²) in [5.74, 6) is 0.282. The molecule has 2 atom stereocenters. The third kappa shape index (κ3) is 7.34. The van der Waals surface area contributed by atoms with E-state index in [0.29, 0.717) is 17.5 Å². The number of amides is 1. The van der Waals surface area contributed by atoms with Crippen LogP contribution in [-0.4, -0.2) is 90.7 Å². The van der Waals surface area contributed by atoms with Crippen LogP contribution in [0.15, 0.2) is 24.4 Å². The molecule has 2 saturated heterocycles. The molecule has 3 heterocycles. The monoisotopic (exact) mass is 572 g/mol.